The molecule has 0 aliphatic rings. The van der Waals surface area contributed by atoms with E-state index in [2.05, 4.69) is 20.6 Å². The third kappa shape index (κ3) is 4.92. The molecule has 3 rings (SSSR count). The summed E-state index contributed by atoms with van der Waals surface area (Å²) in [4.78, 5) is 8.69. The van der Waals surface area contributed by atoms with Gasteiger partial charge in [0.1, 0.15) is 17.8 Å². The topological polar surface area (TPSA) is 122 Å². The van der Waals surface area contributed by atoms with Crippen molar-refractivity contribution in [2.45, 2.75) is 25.7 Å². The van der Waals surface area contributed by atoms with Crippen molar-refractivity contribution in [3.05, 3.63) is 54.4 Å². The Morgan fingerprint density at radius 3 is 2.22 bits per heavy atom. The van der Waals surface area contributed by atoms with Gasteiger partial charge < -0.3 is 21.1 Å². The normalized spacial score (nSPS) is 11.4. The van der Waals surface area contributed by atoms with E-state index in [0.29, 0.717) is 41.8 Å². The van der Waals surface area contributed by atoms with Crippen LogP contribution in [-0.2, 0) is 10.0 Å². The molecule has 32 heavy (non-hydrogen) atoms. The molecule has 0 fully saturated rings. The van der Waals surface area contributed by atoms with Crippen LogP contribution in [-0.4, -0.2) is 42.9 Å². The van der Waals surface area contributed by atoms with Crippen molar-refractivity contribution >= 4 is 38.7 Å². The van der Waals surface area contributed by atoms with Crippen molar-refractivity contribution in [2.75, 3.05) is 36.6 Å². The van der Waals surface area contributed by atoms with Crippen LogP contribution in [0.3, 0.4) is 0 Å². The van der Waals surface area contributed by atoms with Gasteiger partial charge in [-0.15, -0.1) is 0 Å². The Morgan fingerprint density at radius 1 is 1.00 bits per heavy atom. The van der Waals surface area contributed by atoms with Crippen LogP contribution in [0, 0.1) is 6.92 Å². The number of hydrogen-bond acceptors (Lipinski definition) is 8. The molecule has 3 aromatic rings. The molecular formula is C22H28N6O3S. The second-order valence-corrected chi connectivity index (χ2v) is 8.99. The minimum Gasteiger partial charge on any atom is -0.495 e. The highest BCUT2D eigenvalue weighted by atomic mass is 32.2. The summed E-state index contributed by atoms with van der Waals surface area (Å²) in [5.41, 5.74) is 9.04. The van der Waals surface area contributed by atoms with Gasteiger partial charge in [-0.2, -0.15) is 4.31 Å². The fraction of sp³-hybridized carbons (Fsp3) is 0.273. The summed E-state index contributed by atoms with van der Waals surface area (Å²) >= 11 is 0. The summed E-state index contributed by atoms with van der Waals surface area (Å²) in [7, 11) is -1.92. The standard InChI is InChI=1S/C22H28N6O3S/c1-5-28(6-2)32(29,30)17-10-8-16(9-11-17)26-21-20(23)22(25-14-24-21)27-18-13-15(3)7-12-19(18)31-4/h7-14H,5-6,23H2,1-4H3,(H2,24,25,26,27). The van der Waals surface area contributed by atoms with Crippen LogP contribution in [0.2, 0.25) is 0 Å². The number of anilines is 5. The lowest BCUT2D eigenvalue weighted by atomic mass is 10.2. The zero-order chi connectivity index (χ0) is 23.3. The first-order valence-corrected chi connectivity index (χ1v) is 11.6. The van der Waals surface area contributed by atoms with Gasteiger partial charge in [0.15, 0.2) is 11.6 Å². The molecule has 0 unspecified atom stereocenters. The second-order valence-electron chi connectivity index (χ2n) is 7.05. The highest BCUT2D eigenvalue weighted by Gasteiger charge is 2.21. The number of benzene rings is 2. The average Bonchev–Trinajstić information content (AvgIpc) is 2.78. The summed E-state index contributed by atoms with van der Waals surface area (Å²) in [6.07, 6.45) is 1.39. The predicted octanol–water partition coefficient (Wildman–Crippen LogP) is 3.89. The molecule has 10 heteroatoms. The number of aryl methyl sites for hydroxylation is 1. The second kappa shape index (κ2) is 9.84. The first-order chi connectivity index (χ1) is 15.3. The third-order valence-corrected chi connectivity index (χ3v) is 7.02. The molecule has 170 valence electrons. The Labute approximate surface area is 188 Å². The largest absolute Gasteiger partial charge is 0.495 e. The Balaban J connectivity index is 1.83. The van der Waals surface area contributed by atoms with Gasteiger partial charge >= 0.3 is 0 Å². The van der Waals surface area contributed by atoms with E-state index in [4.69, 9.17) is 10.5 Å². The van der Waals surface area contributed by atoms with Crippen molar-refractivity contribution < 1.29 is 13.2 Å². The number of rotatable bonds is 9. The van der Waals surface area contributed by atoms with Crippen molar-refractivity contribution in [2.24, 2.45) is 0 Å². The molecule has 0 aliphatic heterocycles. The maximum Gasteiger partial charge on any atom is 0.243 e. The number of hydrogen-bond donors (Lipinski definition) is 3. The quantitative estimate of drug-likeness (QED) is 0.443. The Morgan fingerprint density at radius 2 is 1.62 bits per heavy atom. The minimum absolute atomic E-state index is 0.233. The van der Waals surface area contributed by atoms with Crippen molar-refractivity contribution in [1.82, 2.24) is 14.3 Å². The van der Waals surface area contributed by atoms with E-state index in [9.17, 15) is 8.42 Å². The van der Waals surface area contributed by atoms with Gasteiger partial charge in [-0.25, -0.2) is 18.4 Å². The highest BCUT2D eigenvalue weighted by Crippen LogP contribution is 2.32. The maximum atomic E-state index is 12.7. The number of ether oxygens (including phenoxy) is 1. The first-order valence-electron chi connectivity index (χ1n) is 10.2. The number of nitrogens with zero attached hydrogens (tertiary/aromatic N) is 3. The third-order valence-electron chi connectivity index (χ3n) is 4.95. The molecule has 0 atom stereocenters. The molecule has 0 amide bonds. The molecule has 2 aromatic carbocycles. The zero-order valence-corrected chi connectivity index (χ0v) is 19.4. The van der Waals surface area contributed by atoms with Gasteiger partial charge in [-0.3, -0.25) is 0 Å². The minimum atomic E-state index is -3.52. The van der Waals surface area contributed by atoms with E-state index in [1.807, 2.05) is 39.0 Å². The van der Waals surface area contributed by atoms with Crippen LogP contribution in [0.4, 0.5) is 28.7 Å². The molecular weight excluding hydrogens is 428 g/mol. The van der Waals surface area contributed by atoms with E-state index in [1.165, 1.54) is 10.6 Å². The van der Waals surface area contributed by atoms with Crippen LogP contribution in [0.1, 0.15) is 19.4 Å². The van der Waals surface area contributed by atoms with Crippen LogP contribution in [0.5, 0.6) is 5.75 Å². The van der Waals surface area contributed by atoms with Crippen molar-refractivity contribution in [3.63, 3.8) is 0 Å². The Bertz CT molecular complexity index is 1180. The number of aromatic nitrogens is 2. The summed E-state index contributed by atoms with van der Waals surface area (Å²) in [6.45, 7) is 6.43. The van der Waals surface area contributed by atoms with Crippen LogP contribution >= 0.6 is 0 Å². The van der Waals surface area contributed by atoms with E-state index < -0.39 is 10.0 Å². The molecule has 1 heterocycles. The Hall–Kier alpha value is -3.37. The lowest BCUT2D eigenvalue weighted by Gasteiger charge is -2.18. The molecule has 4 N–H and O–H groups in total. The van der Waals surface area contributed by atoms with Crippen LogP contribution in [0.15, 0.2) is 53.7 Å². The van der Waals surface area contributed by atoms with E-state index >= 15 is 0 Å². The molecule has 0 saturated carbocycles. The average molecular weight is 457 g/mol. The number of nitrogen functional groups attached to an aromatic ring is 1. The Kier molecular flexibility index (Phi) is 7.16. The molecule has 0 bridgehead atoms. The van der Waals surface area contributed by atoms with Gasteiger partial charge in [-0.05, 0) is 48.9 Å². The summed E-state index contributed by atoms with van der Waals surface area (Å²) in [5.74, 6) is 1.48. The number of methoxy groups -OCH3 is 1. The van der Waals surface area contributed by atoms with E-state index in [-0.39, 0.29) is 4.90 Å². The monoisotopic (exact) mass is 456 g/mol. The number of sulfonamides is 1. The van der Waals surface area contributed by atoms with Crippen LogP contribution in [0.25, 0.3) is 0 Å². The summed E-state index contributed by atoms with van der Waals surface area (Å²) in [5, 5.41) is 6.31. The van der Waals surface area contributed by atoms with Gasteiger partial charge in [0.25, 0.3) is 0 Å². The molecule has 0 saturated heterocycles. The van der Waals surface area contributed by atoms with Gasteiger partial charge in [0.2, 0.25) is 10.0 Å². The van der Waals surface area contributed by atoms with Gasteiger partial charge in [0, 0.05) is 18.8 Å². The molecule has 0 aliphatic carbocycles. The van der Waals surface area contributed by atoms with E-state index in [0.717, 1.165) is 11.3 Å². The number of nitrogens with one attached hydrogen (secondary N) is 2. The molecule has 0 spiro atoms. The number of nitrogens with two attached hydrogens (primary N) is 1. The lowest BCUT2D eigenvalue weighted by Crippen LogP contribution is -2.30. The highest BCUT2D eigenvalue weighted by molar-refractivity contribution is 7.89. The first kappa shape index (κ1) is 23.3. The van der Waals surface area contributed by atoms with E-state index in [1.54, 1.807) is 31.4 Å². The van der Waals surface area contributed by atoms with Gasteiger partial charge in [-0.1, -0.05) is 19.9 Å². The molecule has 1 aromatic heterocycles. The maximum absolute atomic E-state index is 12.7. The fourth-order valence-electron chi connectivity index (χ4n) is 3.20. The predicted molar refractivity (Wildman–Crippen MR) is 127 cm³/mol. The van der Waals surface area contributed by atoms with Crippen molar-refractivity contribution in [1.29, 1.82) is 0 Å². The fourth-order valence-corrected chi connectivity index (χ4v) is 4.66. The zero-order valence-electron chi connectivity index (χ0n) is 18.6. The lowest BCUT2D eigenvalue weighted by molar-refractivity contribution is 0.416. The van der Waals surface area contributed by atoms with Crippen molar-refractivity contribution in [3.8, 4) is 5.75 Å². The summed E-state index contributed by atoms with van der Waals surface area (Å²) < 4.78 is 32.1. The van der Waals surface area contributed by atoms with Gasteiger partial charge in [0.05, 0.1) is 17.7 Å². The smallest absolute Gasteiger partial charge is 0.243 e. The summed E-state index contributed by atoms with van der Waals surface area (Å²) in [6, 6.07) is 12.2. The molecule has 9 nitrogen and oxygen atoms in total. The van der Waals surface area contributed by atoms with Crippen LogP contribution < -0.4 is 21.1 Å². The SMILES string of the molecule is CCN(CC)S(=O)(=O)c1ccc(Nc2ncnc(Nc3cc(C)ccc3OC)c2N)cc1. The molecule has 0 radical (unpaired) electrons.